The highest BCUT2D eigenvalue weighted by Gasteiger charge is 2.38. The van der Waals surface area contributed by atoms with Gasteiger partial charge in [-0.15, -0.1) is 0 Å². The molecule has 1 aromatic carbocycles. The van der Waals surface area contributed by atoms with Gasteiger partial charge in [-0.3, -0.25) is 23.3 Å². The number of pyridine rings is 2. The van der Waals surface area contributed by atoms with E-state index in [1.165, 1.54) is 0 Å². The molecule has 0 bridgehead atoms. The molecule has 50 heavy (non-hydrogen) atoms. The van der Waals surface area contributed by atoms with Crippen molar-refractivity contribution in [3.63, 3.8) is 0 Å². The van der Waals surface area contributed by atoms with Crippen LogP contribution >= 0.6 is 7.82 Å². The van der Waals surface area contributed by atoms with Crippen molar-refractivity contribution in [2.24, 2.45) is 0 Å². The topological polar surface area (TPSA) is 142 Å². The standard InChI is InChI=1S/C34H44F3N4O8P/c1-22-8-9-25(39-31(43)28-18-24(10-11-38-28)34(35,36)37)19-27(22)23-16-29(41-12-14-45-15-13-41)40-30(17-23)46-20-26(42)21-47-50(44,48-32(2,3)4)49-33(5,6)7/h8-11,16-19,26,42H,12-15,20-21H2,1-7H3,(H,39,43)/t26-/m1/s1. The smallest absolute Gasteiger partial charge is 0.475 e. The van der Waals surface area contributed by atoms with Crippen LogP contribution < -0.4 is 15.0 Å². The van der Waals surface area contributed by atoms with Gasteiger partial charge >= 0.3 is 14.0 Å². The van der Waals surface area contributed by atoms with Crippen LogP contribution in [0.15, 0.2) is 48.7 Å². The fourth-order valence-electron chi connectivity index (χ4n) is 4.76. The zero-order chi connectivity index (χ0) is 36.9. The largest absolute Gasteiger partial charge is 0.475 e. The van der Waals surface area contributed by atoms with Gasteiger partial charge in [0, 0.05) is 31.0 Å². The normalized spacial score (nSPS) is 15.1. The molecule has 1 atom stereocenters. The van der Waals surface area contributed by atoms with Crippen LogP contribution in [0.3, 0.4) is 0 Å². The second kappa shape index (κ2) is 15.7. The number of nitrogens with zero attached hydrogens (tertiary/aromatic N) is 3. The molecule has 1 aliphatic rings. The van der Waals surface area contributed by atoms with Gasteiger partial charge in [-0.1, -0.05) is 6.07 Å². The highest BCUT2D eigenvalue weighted by Crippen LogP contribution is 2.55. The summed E-state index contributed by atoms with van der Waals surface area (Å²) in [6.07, 6.45) is -4.93. The van der Waals surface area contributed by atoms with Gasteiger partial charge in [-0.2, -0.15) is 18.2 Å². The summed E-state index contributed by atoms with van der Waals surface area (Å²) in [5.41, 5.74) is -0.568. The molecule has 12 nitrogen and oxygen atoms in total. The van der Waals surface area contributed by atoms with Gasteiger partial charge < -0.3 is 24.8 Å². The number of benzene rings is 1. The Labute approximate surface area is 289 Å². The Hall–Kier alpha value is -3.59. The first-order chi connectivity index (χ1) is 23.2. The third-order valence-corrected chi connectivity index (χ3v) is 8.88. The number of amides is 1. The molecular weight excluding hydrogens is 680 g/mol. The van der Waals surface area contributed by atoms with Crippen molar-refractivity contribution in [3.8, 4) is 17.0 Å². The zero-order valence-corrected chi connectivity index (χ0v) is 30.1. The second-order valence-corrected chi connectivity index (χ2v) is 15.2. The highest BCUT2D eigenvalue weighted by atomic mass is 31.2. The molecule has 3 heterocycles. The van der Waals surface area contributed by atoms with Gasteiger partial charge in [-0.05, 0) is 95.5 Å². The number of aliphatic hydroxyl groups is 1. The van der Waals surface area contributed by atoms with E-state index in [-0.39, 0.29) is 18.2 Å². The molecule has 2 N–H and O–H groups in total. The van der Waals surface area contributed by atoms with E-state index < -0.39 is 49.4 Å². The molecule has 0 aliphatic carbocycles. The minimum atomic E-state index is -4.62. The van der Waals surface area contributed by atoms with Crippen LogP contribution in [0.4, 0.5) is 24.7 Å². The van der Waals surface area contributed by atoms with Crippen molar-refractivity contribution in [2.75, 3.05) is 49.7 Å². The quantitative estimate of drug-likeness (QED) is 0.186. The Balaban J connectivity index is 1.56. The lowest BCUT2D eigenvalue weighted by Crippen LogP contribution is -2.36. The maximum absolute atomic E-state index is 13.4. The maximum Gasteiger partial charge on any atom is 0.475 e. The number of nitrogens with one attached hydrogen (secondary N) is 1. The minimum Gasteiger partial charge on any atom is -0.475 e. The monoisotopic (exact) mass is 724 g/mol. The van der Waals surface area contributed by atoms with Gasteiger partial charge in [0.25, 0.3) is 5.91 Å². The van der Waals surface area contributed by atoms with Gasteiger partial charge in [0.2, 0.25) is 5.88 Å². The summed E-state index contributed by atoms with van der Waals surface area (Å²) < 4.78 is 81.1. The van der Waals surface area contributed by atoms with Crippen LogP contribution in [0.1, 0.15) is 63.2 Å². The lowest BCUT2D eigenvalue weighted by Gasteiger charge is -2.31. The molecule has 16 heteroatoms. The molecule has 1 aliphatic heterocycles. The fraction of sp³-hybridized carbons (Fsp3) is 0.500. The maximum atomic E-state index is 13.4. The lowest BCUT2D eigenvalue weighted by atomic mass is 10.00. The molecule has 274 valence electrons. The van der Waals surface area contributed by atoms with Crippen LogP contribution in [0, 0.1) is 6.92 Å². The van der Waals surface area contributed by atoms with E-state index >= 15 is 0 Å². The molecular formula is C34H44F3N4O8P. The lowest BCUT2D eigenvalue weighted by molar-refractivity contribution is -0.137. The number of hydrogen-bond acceptors (Lipinski definition) is 11. The molecule has 4 rings (SSSR count). The number of morpholine rings is 1. The van der Waals surface area contributed by atoms with Crippen LogP contribution in [-0.2, 0) is 29.0 Å². The van der Waals surface area contributed by atoms with Crippen molar-refractivity contribution in [1.29, 1.82) is 0 Å². The molecule has 0 unspecified atom stereocenters. The minimum absolute atomic E-state index is 0.171. The Morgan fingerprint density at radius 3 is 2.28 bits per heavy atom. The number of aliphatic hydroxyl groups excluding tert-OH is 1. The van der Waals surface area contributed by atoms with E-state index in [1.54, 1.807) is 65.8 Å². The molecule has 0 radical (unpaired) electrons. The number of halogens is 3. The van der Waals surface area contributed by atoms with E-state index in [9.17, 15) is 27.6 Å². The predicted octanol–water partition coefficient (Wildman–Crippen LogP) is 7.05. The highest BCUT2D eigenvalue weighted by molar-refractivity contribution is 7.48. The number of phosphoric ester groups is 1. The number of phosphoric acid groups is 1. The molecule has 0 spiro atoms. The predicted molar refractivity (Wildman–Crippen MR) is 181 cm³/mol. The fourth-order valence-corrected chi connectivity index (χ4v) is 6.60. The third-order valence-electron chi connectivity index (χ3n) is 6.87. The summed E-state index contributed by atoms with van der Waals surface area (Å²) >= 11 is 0. The molecule has 2 aromatic heterocycles. The van der Waals surface area contributed by atoms with Crippen molar-refractivity contribution in [3.05, 3.63) is 65.5 Å². The van der Waals surface area contributed by atoms with Gasteiger partial charge in [0.05, 0.1) is 36.6 Å². The van der Waals surface area contributed by atoms with Crippen LogP contribution in [0.2, 0.25) is 0 Å². The average molecular weight is 725 g/mol. The number of aromatic nitrogens is 2. The molecule has 1 amide bonds. The molecule has 3 aromatic rings. The average Bonchev–Trinajstić information content (AvgIpc) is 3.02. The molecule has 1 fully saturated rings. The SMILES string of the molecule is Cc1ccc(NC(=O)c2cc(C(F)(F)F)ccn2)cc1-c1cc(OC[C@@H](O)COP(=O)(OC(C)(C)C)OC(C)(C)C)nc(N2CCOCC2)c1. The Kier molecular flexibility index (Phi) is 12.3. The zero-order valence-electron chi connectivity index (χ0n) is 29.2. The van der Waals surface area contributed by atoms with Gasteiger partial charge in [0.1, 0.15) is 24.2 Å². The van der Waals surface area contributed by atoms with Gasteiger partial charge in [0.15, 0.2) is 0 Å². The van der Waals surface area contributed by atoms with Crippen LogP contribution in [0.25, 0.3) is 11.1 Å². The number of hydrogen-bond donors (Lipinski definition) is 2. The first kappa shape index (κ1) is 39.2. The number of ether oxygens (including phenoxy) is 2. The summed E-state index contributed by atoms with van der Waals surface area (Å²) in [4.78, 5) is 23.4. The number of carbonyl (C=O) groups excluding carboxylic acids is 1. The Morgan fingerprint density at radius 1 is 1.00 bits per heavy atom. The van der Waals surface area contributed by atoms with Crippen molar-refractivity contribution in [1.82, 2.24) is 9.97 Å². The van der Waals surface area contributed by atoms with Crippen molar-refractivity contribution >= 4 is 25.2 Å². The van der Waals surface area contributed by atoms with E-state index in [0.717, 1.165) is 17.8 Å². The van der Waals surface area contributed by atoms with Crippen LogP contribution in [-0.4, -0.2) is 77.8 Å². The summed E-state index contributed by atoms with van der Waals surface area (Å²) in [6, 6.07) is 10.1. The summed E-state index contributed by atoms with van der Waals surface area (Å²) in [6.45, 7) is 13.5. The van der Waals surface area contributed by atoms with Crippen LogP contribution in [0.5, 0.6) is 5.88 Å². The van der Waals surface area contributed by atoms with E-state index in [2.05, 4.69) is 15.3 Å². The second-order valence-electron chi connectivity index (χ2n) is 13.7. The summed E-state index contributed by atoms with van der Waals surface area (Å²) in [5, 5.41) is 13.4. The van der Waals surface area contributed by atoms with E-state index in [0.29, 0.717) is 55.0 Å². The summed E-state index contributed by atoms with van der Waals surface area (Å²) in [5.74, 6) is -0.0551. The number of anilines is 2. The van der Waals surface area contributed by atoms with Crippen molar-refractivity contribution < 1.29 is 50.7 Å². The first-order valence-electron chi connectivity index (χ1n) is 16.0. The van der Waals surface area contributed by atoms with Gasteiger partial charge in [-0.25, -0.2) is 4.57 Å². The number of alkyl halides is 3. The number of rotatable bonds is 12. The third kappa shape index (κ3) is 11.7. The van der Waals surface area contributed by atoms with E-state index in [1.807, 2.05) is 17.9 Å². The number of aryl methyl sites for hydroxylation is 1. The molecule has 0 saturated carbocycles. The Morgan fingerprint density at radius 2 is 1.66 bits per heavy atom. The molecule has 1 saturated heterocycles. The first-order valence-corrected chi connectivity index (χ1v) is 17.4. The summed E-state index contributed by atoms with van der Waals surface area (Å²) in [7, 11) is -4.07. The van der Waals surface area contributed by atoms with E-state index in [4.69, 9.17) is 23.0 Å². The van der Waals surface area contributed by atoms with Crippen molar-refractivity contribution in [2.45, 2.75) is 71.9 Å². The Bertz CT molecular complexity index is 1670. The number of carbonyl (C=O) groups is 1.